The van der Waals surface area contributed by atoms with E-state index in [9.17, 15) is 4.79 Å². The highest BCUT2D eigenvalue weighted by molar-refractivity contribution is 7.09. The first-order valence-electron chi connectivity index (χ1n) is 6.10. The number of nitrogens with zero attached hydrogens (tertiary/aromatic N) is 1. The molecule has 4 nitrogen and oxygen atoms in total. The minimum atomic E-state index is -0.106. The van der Waals surface area contributed by atoms with Crippen LogP contribution in [0.15, 0.2) is 5.38 Å². The topological polar surface area (TPSA) is 68.0 Å². The smallest absolute Gasteiger partial charge is 0.271 e. The van der Waals surface area contributed by atoms with Crippen molar-refractivity contribution in [2.45, 2.75) is 51.1 Å². The predicted molar refractivity (Wildman–Crippen MR) is 69.1 cm³/mol. The second-order valence-corrected chi connectivity index (χ2v) is 5.69. The van der Waals surface area contributed by atoms with Crippen molar-refractivity contribution in [1.29, 1.82) is 0 Å². The first-order chi connectivity index (χ1) is 8.06. The van der Waals surface area contributed by atoms with Crippen LogP contribution in [0.5, 0.6) is 0 Å². The second-order valence-electron chi connectivity index (χ2n) is 4.80. The molecule has 0 bridgehead atoms. The summed E-state index contributed by atoms with van der Waals surface area (Å²) in [6, 6.07) is -0.106. The van der Waals surface area contributed by atoms with E-state index in [4.69, 9.17) is 5.73 Å². The zero-order chi connectivity index (χ0) is 12.5. The molecule has 1 aromatic rings. The molecule has 0 spiro atoms. The van der Waals surface area contributed by atoms with E-state index >= 15 is 0 Å². The molecule has 94 valence electrons. The van der Waals surface area contributed by atoms with E-state index in [1.54, 1.807) is 5.38 Å². The van der Waals surface area contributed by atoms with Crippen LogP contribution in [0, 0.1) is 0 Å². The van der Waals surface area contributed by atoms with Crippen LogP contribution in [-0.2, 0) is 0 Å². The fourth-order valence-corrected chi connectivity index (χ4v) is 2.83. The summed E-state index contributed by atoms with van der Waals surface area (Å²) in [5.74, 6) is -0.0605. The van der Waals surface area contributed by atoms with Gasteiger partial charge < -0.3 is 11.1 Å². The molecule has 1 aromatic heterocycles. The van der Waals surface area contributed by atoms with Crippen LogP contribution in [0.4, 0.5) is 0 Å². The fourth-order valence-electron chi connectivity index (χ4n) is 2.08. The molecule has 1 aliphatic carbocycles. The van der Waals surface area contributed by atoms with Crippen LogP contribution in [-0.4, -0.2) is 16.4 Å². The van der Waals surface area contributed by atoms with Crippen molar-refractivity contribution >= 4 is 17.2 Å². The van der Waals surface area contributed by atoms with Gasteiger partial charge in [0.2, 0.25) is 0 Å². The van der Waals surface area contributed by atoms with Gasteiger partial charge in [0.1, 0.15) is 10.7 Å². The Labute approximate surface area is 106 Å². The van der Waals surface area contributed by atoms with Gasteiger partial charge >= 0.3 is 0 Å². The van der Waals surface area contributed by atoms with Gasteiger partial charge in [0.15, 0.2) is 0 Å². The Hall–Kier alpha value is -0.940. The zero-order valence-corrected chi connectivity index (χ0v) is 11.1. The molecule has 5 heteroatoms. The lowest BCUT2D eigenvalue weighted by atomic mass is 9.75. The van der Waals surface area contributed by atoms with Gasteiger partial charge in [0, 0.05) is 10.9 Å². The molecular weight excluding hydrogens is 234 g/mol. The Kier molecular flexibility index (Phi) is 3.49. The molecule has 0 aromatic carbocycles. The van der Waals surface area contributed by atoms with Crippen molar-refractivity contribution in [1.82, 2.24) is 10.3 Å². The number of thiazole rings is 1. The number of amides is 1. The van der Waals surface area contributed by atoms with E-state index in [0.29, 0.717) is 5.69 Å². The summed E-state index contributed by atoms with van der Waals surface area (Å²) >= 11 is 1.45. The van der Waals surface area contributed by atoms with E-state index in [1.165, 1.54) is 17.8 Å². The molecule has 17 heavy (non-hydrogen) atoms. The maximum absolute atomic E-state index is 12.0. The van der Waals surface area contributed by atoms with E-state index < -0.39 is 0 Å². The third kappa shape index (κ3) is 2.50. The summed E-state index contributed by atoms with van der Waals surface area (Å²) in [5.41, 5.74) is 6.26. The van der Waals surface area contributed by atoms with Crippen LogP contribution < -0.4 is 11.1 Å². The number of hydrogen-bond acceptors (Lipinski definition) is 4. The number of nitrogens with one attached hydrogen (secondary N) is 1. The van der Waals surface area contributed by atoms with Crippen molar-refractivity contribution in [3.8, 4) is 0 Å². The summed E-state index contributed by atoms with van der Waals surface area (Å²) in [6.07, 6.45) is 4.36. The Morgan fingerprint density at radius 1 is 1.71 bits per heavy atom. The lowest BCUT2D eigenvalue weighted by molar-refractivity contribution is 0.0815. The quantitative estimate of drug-likeness (QED) is 0.864. The number of rotatable bonds is 4. The van der Waals surface area contributed by atoms with E-state index in [0.717, 1.165) is 24.3 Å². The van der Waals surface area contributed by atoms with Crippen molar-refractivity contribution in [3.05, 3.63) is 16.1 Å². The molecule has 1 heterocycles. The van der Waals surface area contributed by atoms with Crippen LogP contribution in [0.25, 0.3) is 0 Å². The summed E-state index contributed by atoms with van der Waals surface area (Å²) in [7, 11) is 0. The Bertz CT molecular complexity index is 404. The largest absolute Gasteiger partial charge is 0.345 e. The minimum absolute atomic E-state index is 0.0230. The van der Waals surface area contributed by atoms with Gasteiger partial charge in [0.25, 0.3) is 5.91 Å². The number of hydrogen-bond donors (Lipinski definition) is 2. The molecule has 1 atom stereocenters. The molecule has 1 aliphatic rings. The molecule has 1 fully saturated rings. The SMILES string of the molecule is CCC1(NC(=O)c2csc(C(C)N)n2)CCC1. The summed E-state index contributed by atoms with van der Waals surface area (Å²) in [4.78, 5) is 16.3. The summed E-state index contributed by atoms with van der Waals surface area (Å²) in [5, 5.41) is 5.71. The Morgan fingerprint density at radius 3 is 2.82 bits per heavy atom. The minimum Gasteiger partial charge on any atom is -0.345 e. The monoisotopic (exact) mass is 253 g/mol. The van der Waals surface area contributed by atoms with Crippen molar-refractivity contribution < 1.29 is 4.79 Å². The van der Waals surface area contributed by atoms with Crippen molar-refractivity contribution in [2.24, 2.45) is 5.73 Å². The van der Waals surface area contributed by atoms with Gasteiger partial charge in [-0.05, 0) is 32.6 Å². The highest BCUT2D eigenvalue weighted by Gasteiger charge is 2.36. The molecule has 2 rings (SSSR count). The van der Waals surface area contributed by atoms with Crippen LogP contribution >= 0.6 is 11.3 Å². The molecule has 1 amide bonds. The van der Waals surface area contributed by atoms with Crippen LogP contribution in [0.1, 0.15) is 61.1 Å². The normalized spacial score (nSPS) is 19.5. The highest BCUT2D eigenvalue weighted by atomic mass is 32.1. The van der Waals surface area contributed by atoms with Gasteiger partial charge in [-0.25, -0.2) is 4.98 Å². The maximum atomic E-state index is 12.0. The molecule has 1 unspecified atom stereocenters. The average Bonchev–Trinajstić information content (AvgIpc) is 2.72. The number of nitrogens with two attached hydrogens (primary N) is 1. The van der Waals surface area contributed by atoms with Crippen LogP contribution in [0.3, 0.4) is 0 Å². The van der Waals surface area contributed by atoms with E-state index in [1.807, 2.05) is 6.92 Å². The molecule has 0 aliphatic heterocycles. The third-order valence-corrected chi connectivity index (χ3v) is 4.56. The van der Waals surface area contributed by atoms with Crippen molar-refractivity contribution in [3.63, 3.8) is 0 Å². The first kappa shape index (κ1) is 12.5. The Morgan fingerprint density at radius 2 is 2.41 bits per heavy atom. The highest BCUT2D eigenvalue weighted by Crippen LogP contribution is 2.34. The summed E-state index contributed by atoms with van der Waals surface area (Å²) < 4.78 is 0. The average molecular weight is 253 g/mol. The molecule has 1 saturated carbocycles. The number of carbonyl (C=O) groups excluding carboxylic acids is 1. The number of aromatic nitrogens is 1. The molecule has 3 N–H and O–H groups in total. The van der Waals surface area contributed by atoms with Gasteiger partial charge in [-0.1, -0.05) is 6.92 Å². The van der Waals surface area contributed by atoms with Crippen LogP contribution in [0.2, 0.25) is 0 Å². The first-order valence-corrected chi connectivity index (χ1v) is 6.98. The molecule has 0 radical (unpaired) electrons. The Balaban J connectivity index is 2.04. The van der Waals surface area contributed by atoms with Gasteiger partial charge in [-0.15, -0.1) is 11.3 Å². The molecular formula is C12H19N3OS. The zero-order valence-electron chi connectivity index (χ0n) is 10.3. The lowest BCUT2D eigenvalue weighted by Gasteiger charge is -2.41. The standard InChI is InChI=1S/C12H19N3OS/c1-3-12(5-4-6-12)15-10(16)9-7-17-11(14-9)8(2)13/h7-8H,3-6,13H2,1-2H3,(H,15,16). The van der Waals surface area contributed by atoms with E-state index in [-0.39, 0.29) is 17.5 Å². The maximum Gasteiger partial charge on any atom is 0.271 e. The van der Waals surface area contributed by atoms with E-state index in [2.05, 4.69) is 17.2 Å². The third-order valence-electron chi connectivity index (χ3n) is 3.51. The predicted octanol–water partition coefficient (Wildman–Crippen LogP) is 2.23. The fraction of sp³-hybridized carbons (Fsp3) is 0.667. The lowest BCUT2D eigenvalue weighted by Crippen LogP contribution is -2.53. The summed E-state index contributed by atoms with van der Waals surface area (Å²) in [6.45, 7) is 3.99. The molecule has 0 saturated heterocycles. The van der Waals surface area contributed by atoms with Gasteiger partial charge in [-0.2, -0.15) is 0 Å². The number of carbonyl (C=O) groups is 1. The van der Waals surface area contributed by atoms with Gasteiger partial charge in [-0.3, -0.25) is 4.79 Å². The van der Waals surface area contributed by atoms with Crippen molar-refractivity contribution in [2.75, 3.05) is 0 Å². The van der Waals surface area contributed by atoms with Gasteiger partial charge in [0.05, 0.1) is 6.04 Å². The second kappa shape index (κ2) is 4.74.